The molecule has 92 valence electrons. The van der Waals surface area contributed by atoms with E-state index in [1.54, 1.807) is 0 Å². The van der Waals surface area contributed by atoms with Gasteiger partial charge in [-0.15, -0.1) is 0 Å². The van der Waals surface area contributed by atoms with Crippen molar-refractivity contribution < 1.29 is 4.74 Å². The minimum atomic E-state index is -0.151. The highest BCUT2D eigenvalue weighted by Gasteiger charge is 2.42. The SMILES string of the molecule is CCOC(CC)(CC)C(NN)C(C)(C)C. The Morgan fingerprint density at radius 1 is 1.13 bits per heavy atom. The van der Waals surface area contributed by atoms with Gasteiger partial charge >= 0.3 is 0 Å². The van der Waals surface area contributed by atoms with Crippen molar-refractivity contribution in [2.75, 3.05) is 6.61 Å². The quantitative estimate of drug-likeness (QED) is 0.529. The van der Waals surface area contributed by atoms with Crippen molar-refractivity contribution in [3.05, 3.63) is 0 Å². The third-order valence-corrected chi connectivity index (χ3v) is 3.19. The van der Waals surface area contributed by atoms with Crippen LogP contribution in [0.1, 0.15) is 54.4 Å². The van der Waals surface area contributed by atoms with E-state index in [0.29, 0.717) is 0 Å². The van der Waals surface area contributed by atoms with Gasteiger partial charge in [-0.2, -0.15) is 0 Å². The molecule has 0 aliphatic heterocycles. The number of hydrogen-bond donors (Lipinski definition) is 2. The molecular weight excluding hydrogens is 188 g/mol. The topological polar surface area (TPSA) is 47.3 Å². The predicted molar refractivity (Wildman–Crippen MR) is 65.5 cm³/mol. The monoisotopic (exact) mass is 216 g/mol. The molecule has 0 spiro atoms. The zero-order valence-electron chi connectivity index (χ0n) is 11.2. The predicted octanol–water partition coefficient (Wildman–Crippen LogP) is 2.46. The van der Waals surface area contributed by atoms with Crippen molar-refractivity contribution >= 4 is 0 Å². The van der Waals surface area contributed by atoms with E-state index in [2.05, 4.69) is 40.0 Å². The number of rotatable bonds is 6. The molecule has 0 rings (SSSR count). The van der Waals surface area contributed by atoms with E-state index in [4.69, 9.17) is 10.6 Å². The van der Waals surface area contributed by atoms with Crippen molar-refractivity contribution in [2.45, 2.75) is 66.0 Å². The van der Waals surface area contributed by atoms with Gasteiger partial charge in [0.1, 0.15) is 0 Å². The van der Waals surface area contributed by atoms with Crippen LogP contribution >= 0.6 is 0 Å². The number of ether oxygens (including phenoxy) is 1. The minimum Gasteiger partial charge on any atom is -0.374 e. The Hall–Kier alpha value is -0.120. The molecule has 0 radical (unpaired) electrons. The first-order chi connectivity index (χ1) is 6.87. The van der Waals surface area contributed by atoms with Crippen LogP contribution in [0.15, 0.2) is 0 Å². The molecule has 0 aromatic carbocycles. The third-order valence-electron chi connectivity index (χ3n) is 3.19. The number of hydrazine groups is 1. The summed E-state index contributed by atoms with van der Waals surface area (Å²) in [7, 11) is 0. The van der Waals surface area contributed by atoms with E-state index < -0.39 is 0 Å². The molecule has 3 heteroatoms. The summed E-state index contributed by atoms with van der Waals surface area (Å²) < 4.78 is 5.96. The summed E-state index contributed by atoms with van der Waals surface area (Å²) in [5.74, 6) is 5.70. The number of nitrogens with one attached hydrogen (secondary N) is 1. The molecular formula is C12H28N2O. The Morgan fingerprint density at radius 2 is 1.60 bits per heavy atom. The van der Waals surface area contributed by atoms with Gasteiger partial charge in [0.2, 0.25) is 0 Å². The molecule has 3 nitrogen and oxygen atoms in total. The molecule has 15 heavy (non-hydrogen) atoms. The fraction of sp³-hybridized carbons (Fsp3) is 1.00. The summed E-state index contributed by atoms with van der Waals surface area (Å²) in [6, 6.07) is 0.167. The standard InChI is InChI=1S/C12H28N2O/c1-7-12(8-2,15-9-3)10(14-13)11(4,5)6/h10,14H,7-9,13H2,1-6H3. The van der Waals surface area contributed by atoms with E-state index >= 15 is 0 Å². The summed E-state index contributed by atoms with van der Waals surface area (Å²) in [5, 5.41) is 0. The van der Waals surface area contributed by atoms with Gasteiger partial charge < -0.3 is 4.74 Å². The molecule has 1 unspecified atom stereocenters. The first-order valence-electron chi connectivity index (χ1n) is 5.98. The van der Waals surface area contributed by atoms with Gasteiger partial charge in [0, 0.05) is 6.61 Å². The van der Waals surface area contributed by atoms with Gasteiger partial charge in [-0.05, 0) is 25.2 Å². The van der Waals surface area contributed by atoms with Crippen LogP contribution in [0, 0.1) is 5.41 Å². The van der Waals surface area contributed by atoms with Crippen LogP contribution < -0.4 is 11.3 Å². The van der Waals surface area contributed by atoms with Crippen molar-refractivity contribution in [1.29, 1.82) is 0 Å². The van der Waals surface area contributed by atoms with Gasteiger partial charge in [0.05, 0.1) is 11.6 Å². The second kappa shape index (κ2) is 5.83. The normalized spacial score (nSPS) is 15.4. The lowest BCUT2D eigenvalue weighted by molar-refractivity contribution is -0.0965. The zero-order chi connectivity index (χ0) is 12.1. The summed E-state index contributed by atoms with van der Waals surface area (Å²) in [6.07, 6.45) is 1.95. The van der Waals surface area contributed by atoms with Crippen molar-refractivity contribution in [3.8, 4) is 0 Å². The summed E-state index contributed by atoms with van der Waals surface area (Å²) in [5.41, 5.74) is 2.89. The fourth-order valence-electron chi connectivity index (χ4n) is 2.42. The zero-order valence-corrected chi connectivity index (χ0v) is 11.2. The summed E-state index contributed by atoms with van der Waals surface area (Å²) >= 11 is 0. The Labute approximate surface area is 94.7 Å². The molecule has 3 N–H and O–H groups in total. The molecule has 0 aliphatic rings. The molecule has 0 saturated heterocycles. The average Bonchev–Trinajstić information content (AvgIpc) is 2.15. The Balaban J connectivity index is 5.00. The van der Waals surface area contributed by atoms with E-state index in [-0.39, 0.29) is 17.1 Å². The average molecular weight is 216 g/mol. The lowest BCUT2D eigenvalue weighted by Crippen LogP contribution is -2.60. The Morgan fingerprint density at radius 3 is 1.80 bits per heavy atom. The molecule has 0 aromatic heterocycles. The van der Waals surface area contributed by atoms with Crippen LogP contribution in [0.3, 0.4) is 0 Å². The lowest BCUT2D eigenvalue weighted by Gasteiger charge is -2.45. The van der Waals surface area contributed by atoms with Crippen molar-refractivity contribution in [3.63, 3.8) is 0 Å². The Bertz CT molecular complexity index is 171. The van der Waals surface area contributed by atoms with Crippen LogP contribution in [0.2, 0.25) is 0 Å². The number of nitrogens with two attached hydrogens (primary N) is 1. The maximum Gasteiger partial charge on any atom is 0.0847 e. The van der Waals surface area contributed by atoms with Gasteiger partial charge in [-0.25, -0.2) is 0 Å². The second-order valence-corrected chi connectivity index (χ2v) is 5.17. The summed E-state index contributed by atoms with van der Waals surface area (Å²) in [4.78, 5) is 0. The highest BCUT2D eigenvalue weighted by Crippen LogP contribution is 2.35. The lowest BCUT2D eigenvalue weighted by atomic mass is 9.74. The van der Waals surface area contributed by atoms with Gasteiger partial charge in [0.25, 0.3) is 0 Å². The molecule has 0 aliphatic carbocycles. The van der Waals surface area contributed by atoms with E-state index in [1.165, 1.54) is 0 Å². The molecule has 0 bridgehead atoms. The first kappa shape index (κ1) is 14.9. The largest absolute Gasteiger partial charge is 0.374 e. The van der Waals surface area contributed by atoms with Gasteiger partial charge in [-0.3, -0.25) is 11.3 Å². The van der Waals surface area contributed by atoms with Gasteiger partial charge in [0.15, 0.2) is 0 Å². The molecule has 0 amide bonds. The molecule has 1 atom stereocenters. The van der Waals surface area contributed by atoms with Crippen LogP contribution in [-0.4, -0.2) is 18.2 Å². The first-order valence-corrected chi connectivity index (χ1v) is 5.98. The van der Waals surface area contributed by atoms with E-state index in [9.17, 15) is 0 Å². The van der Waals surface area contributed by atoms with Crippen LogP contribution in [-0.2, 0) is 4.74 Å². The highest BCUT2D eigenvalue weighted by atomic mass is 16.5. The highest BCUT2D eigenvalue weighted by molar-refractivity contribution is 4.97. The van der Waals surface area contributed by atoms with Gasteiger partial charge in [-0.1, -0.05) is 34.6 Å². The number of hydrogen-bond acceptors (Lipinski definition) is 3. The van der Waals surface area contributed by atoms with E-state index in [0.717, 1.165) is 19.4 Å². The summed E-state index contributed by atoms with van der Waals surface area (Å²) in [6.45, 7) is 13.7. The van der Waals surface area contributed by atoms with Crippen molar-refractivity contribution in [2.24, 2.45) is 11.3 Å². The molecule has 0 heterocycles. The minimum absolute atomic E-state index is 0.0932. The maximum atomic E-state index is 5.96. The molecule has 0 fully saturated rings. The molecule has 0 saturated carbocycles. The second-order valence-electron chi connectivity index (χ2n) is 5.17. The fourth-order valence-corrected chi connectivity index (χ4v) is 2.42. The van der Waals surface area contributed by atoms with Crippen LogP contribution in [0.5, 0.6) is 0 Å². The Kier molecular flexibility index (Phi) is 5.78. The third kappa shape index (κ3) is 3.44. The van der Waals surface area contributed by atoms with E-state index in [1.807, 2.05) is 6.92 Å². The smallest absolute Gasteiger partial charge is 0.0847 e. The van der Waals surface area contributed by atoms with Crippen LogP contribution in [0.25, 0.3) is 0 Å². The van der Waals surface area contributed by atoms with Crippen LogP contribution in [0.4, 0.5) is 0 Å². The maximum absolute atomic E-state index is 5.96. The molecule has 0 aromatic rings. The van der Waals surface area contributed by atoms with Crippen molar-refractivity contribution in [1.82, 2.24) is 5.43 Å².